The van der Waals surface area contributed by atoms with Gasteiger partial charge in [0.1, 0.15) is 5.00 Å². The van der Waals surface area contributed by atoms with Crippen LogP contribution in [0.1, 0.15) is 46.4 Å². The van der Waals surface area contributed by atoms with Crippen LogP contribution in [0.15, 0.2) is 0 Å². The van der Waals surface area contributed by atoms with E-state index in [2.05, 4.69) is 10.2 Å². The van der Waals surface area contributed by atoms with Gasteiger partial charge in [-0.1, -0.05) is 13.8 Å². The number of rotatable bonds is 7. The van der Waals surface area contributed by atoms with Crippen LogP contribution in [0.3, 0.4) is 0 Å². The molecule has 1 aromatic rings. The molecule has 6 nitrogen and oxygen atoms in total. The summed E-state index contributed by atoms with van der Waals surface area (Å²) in [4.78, 5) is 26.7. The van der Waals surface area contributed by atoms with Gasteiger partial charge in [0.05, 0.1) is 17.0 Å². The Balaban J connectivity index is 3.31. The SMILES string of the molecule is CCOC(=O)c1c(N)sc(C(=O)NC)c1CN(CC)CC. The third-order valence-corrected chi connectivity index (χ3v) is 4.28. The lowest BCUT2D eigenvalue weighted by atomic mass is 10.1. The number of ether oxygens (including phenoxy) is 1. The smallest absolute Gasteiger partial charge is 0.341 e. The van der Waals surface area contributed by atoms with Crippen LogP contribution in [0.5, 0.6) is 0 Å². The van der Waals surface area contributed by atoms with Gasteiger partial charge < -0.3 is 15.8 Å². The van der Waals surface area contributed by atoms with Gasteiger partial charge in [-0.3, -0.25) is 9.69 Å². The Bertz CT molecular complexity index is 510. The highest BCUT2D eigenvalue weighted by atomic mass is 32.1. The minimum Gasteiger partial charge on any atom is -0.462 e. The van der Waals surface area contributed by atoms with Gasteiger partial charge in [-0.2, -0.15) is 0 Å². The van der Waals surface area contributed by atoms with Crippen LogP contribution in [0, 0.1) is 0 Å². The molecule has 1 heterocycles. The summed E-state index contributed by atoms with van der Waals surface area (Å²) in [6, 6.07) is 0. The van der Waals surface area contributed by atoms with Crippen molar-refractivity contribution in [3.05, 3.63) is 16.0 Å². The lowest BCUT2D eigenvalue weighted by Crippen LogP contribution is -2.26. The van der Waals surface area contributed by atoms with Crippen LogP contribution in [-0.4, -0.2) is 43.5 Å². The molecule has 0 spiro atoms. The highest BCUT2D eigenvalue weighted by Crippen LogP contribution is 2.32. The maximum atomic E-state index is 12.1. The number of nitrogens with one attached hydrogen (secondary N) is 1. The van der Waals surface area contributed by atoms with Gasteiger partial charge in [-0.05, 0) is 20.0 Å². The van der Waals surface area contributed by atoms with Gasteiger partial charge in [-0.25, -0.2) is 4.79 Å². The average molecular weight is 313 g/mol. The number of nitrogens with zero attached hydrogens (tertiary/aromatic N) is 1. The molecule has 0 bridgehead atoms. The molecule has 21 heavy (non-hydrogen) atoms. The maximum absolute atomic E-state index is 12.1. The molecule has 0 aromatic carbocycles. The van der Waals surface area contributed by atoms with E-state index in [1.807, 2.05) is 13.8 Å². The van der Waals surface area contributed by atoms with E-state index in [1.54, 1.807) is 14.0 Å². The predicted molar refractivity (Wildman–Crippen MR) is 84.7 cm³/mol. The molecule has 0 atom stereocenters. The zero-order chi connectivity index (χ0) is 16.0. The summed E-state index contributed by atoms with van der Waals surface area (Å²) in [5.74, 6) is -0.701. The van der Waals surface area contributed by atoms with Crippen LogP contribution < -0.4 is 11.1 Å². The first-order valence-electron chi connectivity index (χ1n) is 7.02. The van der Waals surface area contributed by atoms with Gasteiger partial charge >= 0.3 is 5.97 Å². The first-order valence-corrected chi connectivity index (χ1v) is 7.84. The molecular weight excluding hydrogens is 290 g/mol. The van der Waals surface area contributed by atoms with Crippen molar-refractivity contribution >= 4 is 28.2 Å². The van der Waals surface area contributed by atoms with Gasteiger partial charge in [0.2, 0.25) is 0 Å². The molecule has 7 heteroatoms. The minimum absolute atomic E-state index is 0.232. The van der Waals surface area contributed by atoms with E-state index in [9.17, 15) is 9.59 Å². The average Bonchev–Trinajstić information content (AvgIpc) is 2.80. The molecule has 0 aliphatic rings. The second-order valence-electron chi connectivity index (χ2n) is 4.41. The van der Waals surface area contributed by atoms with Crippen LogP contribution >= 0.6 is 11.3 Å². The number of carbonyl (C=O) groups is 2. The summed E-state index contributed by atoms with van der Waals surface area (Å²) in [5, 5.41) is 2.92. The summed E-state index contributed by atoms with van der Waals surface area (Å²) in [6.45, 7) is 8.21. The Hall–Kier alpha value is -1.60. The van der Waals surface area contributed by atoms with Crippen molar-refractivity contribution < 1.29 is 14.3 Å². The molecule has 0 aliphatic carbocycles. The van der Waals surface area contributed by atoms with Crippen LogP contribution in [0.4, 0.5) is 5.00 Å². The first kappa shape index (κ1) is 17.5. The molecule has 118 valence electrons. The molecule has 0 unspecified atom stereocenters. The molecule has 1 aromatic heterocycles. The minimum atomic E-state index is -0.469. The van der Waals surface area contributed by atoms with Crippen LogP contribution in [0.25, 0.3) is 0 Å². The monoisotopic (exact) mass is 313 g/mol. The predicted octanol–water partition coefficient (Wildman–Crippen LogP) is 1.71. The van der Waals surface area contributed by atoms with Crippen molar-refractivity contribution in [3.8, 4) is 0 Å². The Morgan fingerprint density at radius 2 is 1.90 bits per heavy atom. The third-order valence-electron chi connectivity index (χ3n) is 3.22. The molecule has 0 saturated heterocycles. The molecule has 0 fully saturated rings. The lowest BCUT2D eigenvalue weighted by molar-refractivity contribution is 0.0526. The summed E-state index contributed by atoms with van der Waals surface area (Å²) in [5.41, 5.74) is 6.92. The third kappa shape index (κ3) is 3.95. The van der Waals surface area contributed by atoms with Crippen molar-refractivity contribution in [1.29, 1.82) is 0 Å². The molecule has 0 saturated carbocycles. The fraction of sp³-hybridized carbons (Fsp3) is 0.571. The van der Waals surface area contributed by atoms with E-state index in [-0.39, 0.29) is 12.5 Å². The number of hydrogen-bond donors (Lipinski definition) is 2. The number of amides is 1. The Labute approximate surface area is 129 Å². The number of nitrogens with two attached hydrogens (primary N) is 1. The standard InChI is InChI=1S/C14H23N3O3S/c1-5-17(6-2)8-9-10(14(19)20-7-3)12(15)21-11(9)13(18)16-4/h5-8,15H2,1-4H3,(H,16,18). The Morgan fingerprint density at radius 3 is 2.38 bits per heavy atom. The first-order chi connectivity index (χ1) is 9.99. The lowest BCUT2D eigenvalue weighted by Gasteiger charge is -2.19. The van der Waals surface area contributed by atoms with Crippen LogP contribution in [0.2, 0.25) is 0 Å². The van der Waals surface area contributed by atoms with E-state index in [1.165, 1.54) is 0 Å². The largest absolute Gasteiger partial charge is 0.462 e. The van der Waals surface area contributed by atoms with E-state index >= 15 is 0 Å². The van der Waals surface area contributed by atoms with Gasteiger partial charge in [0.25, 0.3) is 5.91 Å². The van der Waals surface area contributed by atoms with E-state index in [0.29, 0.717) is 27.5 Å². The zero-order valence-corrected chi connectivity index (χ0v) is 13.8. The van der Waals surface area contributed by atoms with Gasteiger partial charge in [-0.15, -0.1) is 11.3 Å². The van der Waals surface area contributed by atoms with Crippen molar-refractivity contribution in [3.63, 3.8) is 0 Å². The van der Waals surface area contributed by atoms with Gasteiger partial charge in [0.15, 0.2) is 0 Å². The Kier molecular flexibility index (Phi) is 6.64. The summed E-state index contributed by atoms with van der Waals surface area (Å²) in [7, 11) is 1.56. The molecule has 0 radical (unpaired) electrons. The van der Waals surface area contributed by atoms with E-state index in [4.69, 9.17) is 10.5 Å². The van der Waals surface area contributed by atoms with E-state index < -0.39 is 5.97 Å². The fourth-order valence-corrected chi connectivity index (χ4v) is 3.04. The Morgan fingerprint density at radius 1 is 1.29 bits per heavy atom. The quantitative estimate of drug-likeness (QED) is 0.749. The topological polar surface area (TPSA) is 84.7 Å². The zero-order valence-electron chi connectivity index (χ0n) is 13.0. The molecule has 1 rings (SSSR count). The number of nitrogen functional groups attached to an aromatic ring is 1. The van der Waals surface area contributed by atoms with Crippen molar-refractivity contribution in [2.45, 2.75) is 27.3 Å². The van der Waals surface area contributed by atoms with Crippen molar-refractivity contribution in [2.75, 3.05) is 32.5 Å². The number of esters is 1. The highest BCUT2D eigenvalue weighted by Gasteiger charge is 2.27. The fourth-order valence-electron chi connectivity index (χ4n) is 2.03. The maximum Gasteiger partial charge on any atom is 0.341 e. The molecule has 1 amide bonds. The summed E-state index contributed by atoms with van der Waals surface area (Å²) < 4.78 is 5.06. The summed E-state index contributed by atoms with van der Waals surface area (Å²) >= 11 is 1.13. The van der Waals surface area contributed by atoms with Crippen molar-refractivity contribution in [1.82, 2.24) is 10.2 Å². The molecule has 3 N–H and O–H groups in total. The number of hydrogen-bond acceptors (Lipinski definition) is 6. The normalized spacial score (nSPS) is 10.7. The molecule has 0 aliphatic heterocycles. The van der Waals surface area contributed by atoms with Gasteiger partial charge in [0, 0.05) is 19.2 Å². The van der Waals surface area contributed by atoms with Crippen molar-refractivity contribution in [2.24, 2.45) is 0 Å². The highest BCUT2D eigenvalue weighted by molar-refractivity contribution is 7.18. The second-order valence-corrected chi connectivity index (χ2v) is 5.46. The number of thiophene rings is 1. The molecular formula is C14H23N3O3S. The van der Waals surface area contributed by atoms with Crippen LogP contribution in [-0.2, 0) is 11.3 Å². The summed E-state index contributed by atoms with van der Waals surface area (Å²) in [6.07, 6.45) is 0. The number of carbonyl (C=O) groups excluding carboxylic acids is 2. The van der Waals surface area contributed by atoms with E-state index in [0.717, 1.165) is 24.4 Å². The second kappa shape index (κ2) is 7.99. The number of anilines is 1.